The van der Waals surface area contributed by atoms with E-state index in [0.717, 1.165) is 0 Å². The van der Waals surface area contributed by atoms with Crippen LogP contribution in [0.5, 0.6) is 0 Å². The summed E-state index contributed by atoms with van der Waals surface area (Å²) in [5.74, 6) is 0.0518. The Labute approximate surface area is 114 Å². The van der Waals surface area contributed by atoms with Gasteiger partial charge < -0.3 is 10.4 Å². The monoisotopic (exact) mass is 319 g/mol. The Hall–Kier alpha value is -0.580. The Morgan fingerprint density at radius 3 is 2.94 bits per heavy atom. The molecule has 0 spiro atoms. The highest BCUT2D eigenvalue weighted by Crippen LogP contribution is 2.25. The van der Waals surface area contributed by atoms with Crippen molar-refractivity contribution in [2.45, 2.75) is 13.3 Å². The maximum atomic E-state index is 11.8. The molecule has 0 saturated heterocycles. The molecule has 0 aliphatic carbocycles. The van der Waals surface area contributed by atoms with E-state index in [1.165, 1.54) is 0 Å². The average Bonchev–Trinajstić information content (AvgIpc) is 2.30. The number of carbonyl (C=O) groups is 1. The maximum Gasteiger partial charge on any atom is 0.252 e. The van der Waals surface area contributed by atoms with E-state index in [9.17, 15) is 4.79 Å². The van der Waals surface area contributed by atoms with Crippen molar-refractivity contribution in [3.63, 3.8) is 0 Å². The van der Waals surface area contributed by atoms with Crippen molar-refractivity contribution in [2.75, 3.05) is 13.2 Å². The Balaban J connectivity index is 2.61. The van der Waals surface area contributed by atoms with Gasteiger partial charge in [-0.25, -0.2) is 0 Å². The summed E-state index contributed by atoms with van der Waals surface area (Å²) in [7, 11) is 0. The van der Waals surface area contributed by atoms with Crippen molar-refractivity contribution in [2.24, 2.45) is 5.92 Å². The van der Waals surface area contributed by atoms with Gasteiger partial charge in [0.1, 0.15) is 0 Å². The van der Waals surface area contributed by atoms with Crippen LogP contribution in [0.25, 0.3) is 0 Å². The van der Waals surface area contributed by atoms with Gasteiger partial charge in [0.2, 0.25) is 0 Å². The number of hydrogen-bond donors (Lipinski definition) is 2. The largest absolute Gasteiger partial charge is 0.396 e. The molecule has 1 rings (SSSR count). The molecule has 1 unspecified atom stereocenters. The van der Waals surface area contributed by atoms with E-state index in [1.807, 2.05) is 6.92 Å². The fourth-order valence-corrected chi connectivity index (χ4v) is 1.94. The predicted octanol–water partition coefficient (Wildman–Crippen LogP) is 2.85. The van der Waals surface area contributed by atoms with Crippen LogP contribution in [0.4, 0.5) is 0 Å². The molecule has 17 heavy (non-hydrogen) atoms. The third-order valence-electron chi connectivity index (χ3n) is 2.43. The number of benzene rings is 1. The molecule has 1 aromatic rings. The summed E-state index contributed by atoms with van der Waals surface area (Å²) in [6, 6.07) is 5.23. The van der Waals surface area contributed by atoms with E-state index in [0.29, 0.717) is 28.0 Å². The molecule has 94 valence electrons. The second-order valence-corrected chi connectivity index (χ2v) is 5.16. The van der Waals surface area contributed by atoms with E-state index >= 15 is 0 Å². The fraction of sp³-hybridized carbons (Fsp3) is 0.417. The number of aliphatic hydroxyl groups excluding tert-OH is 1. The number of halogens is 2. The predicted molar refractivity (Wildman–Crippen MR) is 72.4 cm³/mol. The number of nitrogens with one attached hydrogen (secondary N) is 1. The molecule has 5 heteroatoms. The first kappa shape index (κ1) is 14.5. The molecule has 0 aromatic heterocycles. The van der Waals surface area contributed by atoms with Gasteiger partial charge in [-0.15, -0.1) is 0 Å². The summed E-state index contributed by atoms with van der Waals surface area (Å²) < 4.78 is 0.704. The molecule has 2 N–H and O–H groups in total. The Bertz CT molecular complexity index is 398. The zero-order chi connectivity index (χ0) is 12.8. The molecule has 0 saturated carbocycles. The molecular weight excluding hydrogens is 305 g/mol. The first-order chi connectivity index (χ1) is 8.06. The van der Waals surface area contributed by atoms with Gasteiger partial charge in [0.15, 0.2) is 0 Å². The number of aliphatic hydroxyl groups is 1. The van der Waals surface area contributed by atoms with Crippen LogP contribution in [0, 0.1) is 5.92 Å². The number of amides is 1. The topological polar surface area (TPSA) is 49.3 Å². The molecular formula is C12H15BrClNO2. The molecule has 3 nitrogen and oxygen atoms in total. The van der Waals surface area contributed by atoms with E-state index in [-0.39, 0.29) is 18.4 Å². The van der Waals surface area contributed by atoms with Crippen molar-refractivity contribution < 1.29 is 9.90 Å². The average molecular weight is 321 g/mol. The van der Waals surface area contributed by atoms with Gasteiger partial charge in [0, 0.05) is 17.6 Å². The summed E-state index contributed by atoms with van der Waals surface area (Å²) in [5.41, 5.74) is 0.456. The minimum absolute atomic E-state index is 0.134. The summed E-state index contributed by atoms with van der Waals surface area (Å²) in [4.78, 5) is 11.8. The lowest BCUT2D eigenvalue weighted by molar-refractivity contribution is 0.0945. The Morgan fingerprint density at radius 1 is 1.59 bits per heavy atom. The van der Waals surface area contributed by atoms with Gasteiger partial charge in [-0.3, -0.25) is 4.79 Å². The normalized spacial score (nSPS) is 12.2. The molecule has 0 radical (unpaired) electrons. The summed E-state index contributed by atoms with van der Waals surface area (Å²) in [6.45, 7) is 2.63. The van der Waals surface area contributed by atoms with Crippen molar-refractivity contribution in [3.05, 3.63) is 33.3 Å². The molecule has 0 heterocycles. The van der Waals surface area contributed by atoms with Crippen molar-refractivity contribution >= 4 is 33.4 Å². The highest BCUT2D eigenvalue weighted by molar-refractivity contribution is 9.10. The van der Waals surface area contributed by atoms with Gasteiger partial charge in [0.05, 0.1) is 10.6 Å². The summed E-state index contributed by atoms with van der Waals surface area (Å²) >= 11 is 9.29. The van der Waals surface area contributed by atoms with Gasteiger partial charge >= 0.3 is 0 Å². The molecule has 1 amide bonds. The standard InChI is InChI=1S/C12H15BrClNO2/c1-8(5-6-16)7-15-12(17)9-3-2-4-10(13)11(9)14/h2-4,8,16H,5-7H2,1H3,(H,15,17). The highest BCUT2D eigenvalue weighted by Gasteiger charge is 2.12. The van der Waals surface area contributed by atoms with E-state index in [4.69, 9.17) is 16.7 Å². The van der Waals surface area contributed by atoms with Crippen molar-refractivity contribution in [1.82, 2.24) is 5.32 Å². The lowest BCUT2D eigenvalue weighted by atomic mass is 10.1. The van der Waals surface area contributed by atoms with Crippen molar-refractivity contribution in [3.8, 4) is 0 Å². The SMILES string of the molecule is CC(CCO)CNC(=O)c1cccc(Br)c1Cl. The van der Waals surface area contributed by atoms with E-state index in [1.54, 1.807) is 18.2 Å². The van der Waals surface area contributed by atoms with Crippen LogP contribution in [0.2, 0.25) is 5.02 Å². The highest BCUT2D eigenvalue weighted by atomic mass is 79.9. The first-order valence-corrected chi connectivity index (χ1v) is 6.56. The second kappa shape index (κ2) is 6.99. The van der Waals surface area contributed by atoms with Crippen LogP contribution in [0.3, 0.4) is 0 Å². The second-order valence-electron chi connectivity index (χ2n) is 3.93. The molecule has 0 aliphatic rings. The summed E-state index contributed by atoms with van der Waals surface area (Å²) in [6.07, 6.45) is 0.673. The van der Waals surface area contributed by atoms with E-state index in [2.05, 4.69) is 21.2 Å². The van der Waals surface area contributed by atoms with Crippen LogP contribution in [0.15, 0.2) is 22.7 Å². The van der Waals surface area contributed by atoms with Crippen LogP contribution >= 0.6 is 27.5 Å². The fourth-order valence-electron chi connectivity index (χ4n) is 1.36. The summed E-state index contributed by atoms with van der Waals surface area (Å²) in [5, 5.41) is 12.0. The van der Waals surface area contributed by atoms with E-state index < -0.39 is 0 Å². The molecule has 1 aromatic carbocycles. The van der Waals surface area contributed by atoms with Gasteiger partial charge in [-0.05, 0) is 40.4 Å². The Kier molecular flexibility index (Phi) is 5.95. The third-order valence-corrected chi connectivity index (χ3v) is 3.73. The van der Waals surface area contributed by atoms with Crippen molar-refractivity contribution in [1.29, 1.82) is 0 Å². The lowest BCUT2D eigenvalue weighted by Gasteiger charge is -2.12. The number of carbonyl (C=O) groups excluding carboxylic acids is 1. The third kappa shape index (κ3) is 4.30. The zero-order valence-corrected chi connectivity index (χ0v) is 11.9. The van der Waals surface area contributed by atoms with Crippen LogP contribution < -0.4 is 5.32 Å². The van der Waals surface area contributed by atoms with Gasteiger partial charge in [-0.2, -0.15) is 0 Å². The first-order valence-electron chi connectivity index (χ1n) is 5.39. The maximum absolute atomic E-state index is 11.8. The molecule has 1 atom stereocenters. The lowest BCUT2D eigenvalue weighted by Crippen LogP contribution is -2.28. The number of rotatable bonds is 5. The van der Waals surface area contributed by atoms with Crippen LogP contribution in [-0.2, 0) is 0 Å². The van der Waals surface area contributed by atoms with Crippen LogP contribution in [-0.4, -0.2) is 24.2 Å². The molecule has 0 fully saturated rings. The number of hydrogen-bond acceptors (Lipinski definition) is 2. The Morgan fingerprint density at radius 2 is 2.29 bits per heavy atom. The molecule has 0 bridgehead atoms. The molecule has 0 aliphatic heterocycles. The quantitative estimate of drug-likeness (QED) is 0.876. The smallest absolute Gasteiger partial charge is 0.252 e. The van der Waals surface area contributed by atoms with Crippen LogP contribution in [0.1, 0.15) is 23.7 Å². The minimum atomic E-state index is -0.193. The zero-order valence-electron chi connectivity index (χ0n) is 9.54. The van der Waals surface area contributed by atoms with Gasteiger partial charge in [0.25, 0.3) is 5.91 Å². The minimum Gasteiger partial charge on any atom is -0.396 e. The van der Waals surface area contributed by atoms with Gasteiger partial charge in [-0.1, -0.05) is 24.6 Å².